The fourth-order valence-electron chi connectivity index (χ4n) is 3.02. The van der Waals surface area contributed by atoms with Crippen molar-refractivity contribution in [1.82, 2.24) is 9.21 Å². The Bertz CT molecular complexity index is 356. The molecule has 0 aromatic heterocycles. The zero-order valence-corrected chi connectivity index (χ0v) is 12.2. The van der Waals surface area contributed by atoms with Crippen LogP contribution in [0.15, 0.2) is 0 Å². The van der Waals surface area contributed by atoms with Crippen LogP contribution in [0.25, 0.3) is 0 Å². The summed E-state index contributed by atoms with van der Waals surface area (Å²) in [6, 6.07) is 0.556. The van der Waals surface area contributed by atoms with Crippen LogP contribution < -0.4 is 0 Å². The molecule has 0 aliphatic carbocycles. The van der Waals surface area contributed by atoms with Crippen LogP contribution >= 0.6 is 0 Å². The van der Waals surface area contributed by atoms with E-state index in [9.17, 15) is 8.42 Å². The molecule has 0 saturated carbocycles. The average molecular weight is 276 g/mol. The molecule has 2 aliphatic rings. The van der Waals surface area contributed by atoms with E-state index in [1.54, 1.807) is 11.4 Å². The maximum absolute atomic E-state index is 11.4. The van der Waals surface area contributed by atoms with Gasteiger partial charge in [-0.15, -0.1) is 0 Å². The summed E-state index contributed by atoms with van der Waals surface area (Å²) in [5.41, 5.74) is 0. The molecular formula is C12H24N2O3S. The van der Waals surface area contributed by atoms with Gasteiger partial charge in [0, 0.05) is 39.3 Å². The van der Waals surface area contributed by atoms with Crippen LogP contribution in [-0.2, 0) is 14.8 Å². The minimum atomic E-state index is -3.00. The monoisotopic (exact) mass is 276 g/mol. The molecule has 0 unspecified atom stereocenters. The third-order valence-corrected chi connectivity index (χ3v) is 5.52. The van der Waals surface area contributed by atoms with E-state index in [1.807, 2.05) is 0 Å². The smallest absolute Gasteiger partial charge is 0.211 e. The van der Waals surface area contributed by atoms with Crippen LogP contribution in [-0.4, -0.2) is 69.3 Å². The molecule has 5 nitrogen and oxygen atoms in total. The molecule has 0 bridgehead atoms. The van der Waals surface area contributed by atoms with Crippen LogP contribution in [0, 0.1) is 0 Å². The first-order valence-electron chi connectivity index (χ1n) is 6.72. The number of ether oxygens (including phenoxy) is 1. The molecule has 106 valence electrons. The SMILES string of the molecule is COC1CCN(C2CCN(S(C)(=O)=O)CC2)CC1. The third-order valence-electron chi connectivity index (χ3n) is 4.22. The van der Waals surface area contributed by atoms with E-state index >= 15 is 0 Å². The molecule has 0 radical (unpaired) electrons. The number of hydrogen-bond acceptors (Lipinski definition) is 4. The molecule has 0 spiro atoms. The second-order valence-electron chi connectivity index (χ2n) is 5.36. The number of methoxy groups -OCH3 is 1. The first kappa shape index (κ1) is 14.2. The second kappa shape index (κ2) is 5.86. The maximum Gasteiger partial charge on any atom is 0.211 e. The van der Waals surface area contributed by atoms with Crippen LogP contribution in [0.2, 0.25) is 0 Å². The molecule has 0 aromatic rings. The first-order valence-corrected chi connectivity index (χ1v) is 8.57. The van der Waals surface area contributed by atoms with Crippen molar-refractivity contribution >= 4 is 10.0 Å². The van der Waals surface area contributed by atoms with Gasteiger partial charge in [-0.1, -0.05) is 0 Å². The van der Waals surface area contributed by atoms with Crippen molar-refractivity contribution in [3.05, 3.63) is 0 Å². The van der Waals surface area contributed by atoms with Crippen LogP contribution in [0.4, 0.5) is 0 Å². The van der Waals surface area contributed by atoms with Gasteiger partial charge in [0.05, 0.1) is 12.4 Å². The Morgan fingerprint density at radius 3 is 2.00 bits per heavy atom. The minimum absolute atomic E-state index is 0.414. The van der Waals surface area contributed by atoms with Crippen molar-refractivity contribution in [1.29, 1.82) is 0 Å². The van der Waals surface area contributed by atoms with Gasteiger partial charge in [0.1, 0.15) is 0 Å². The molecule has 0 aromatic carbocycles. The summed E-state index contributed by atoms with van der Waals surface area (Å²) in [4.78, 5) is 2.51. The molecule has 0 N–H and O–H groups in total. The van der Waals surface area contributed by atoms with E-state index in [0.29, 0.717) is 25.2 Å². The quantitative estimate of drug-likeness (QED) is 0.754. The van der Waals surface area contributed by atoms with Crippen LogP contribution in [0.3, 0.4) is 0 Å². The van der Waals surface area contributed by atoms with E-state index in [-0.39, 0.29) is 0 Å². The standard InChI is InChI=1S/C12H24N2O3S/c1-17-12-5-7-13(8-6-12)11-3-9-14(10-4-11)18(2,15)16/h11-12H,3-10H2,1-2H3. The van der Waals surface area contributed by atoms with Gasteiger partial charge in [0.15, 0.2) is 0 Å². The lowest BCUT2D eigenvalue weighted by atomic mass is 10.00. The summed E-state index contributed by atoms with van der Waals surface area (Å²) in [7, 11) is -1.22. The minimum Gasteiger partial charge on any atom is -0.381 e. The summed E-state index contributed by atoms with van der Waals surface area (Å²) in [6.45, 7) is 3.52. The number of hydrogen-bond donors (Lipinski definition) is 0. The third kappa shape index (κ3) is 3.44. The van der Waals surface area contributed by atoms with Gasteiger partial charge in [-0.2, -0.15) is 0 Å². The van der Waals surface area contributed by atoms with Gasteiger partial charge in [-0.05, 0) is 25.7 Å². The first-order chi connectivity index (χ1) is 8.50. The van der Waals surface area contributed by atoms with Crippen molar-refractivity contribution in [3.8, 4) is 0 Å². The second-order valence-corrected chi connectivity index (χ2v) is 7.35. The van der Waals surface area contributed by atoms with E-state index in [4.69, 9.17) is 4.74 Å². The topological polar surface area (TPSA) is 49.9 Å². The average Bonchev–Trinajstić information content (AvgIpc) is 2.38. The van der Waals surface area contributed by atoms with Gasteiger partial charge in [0.25, 0.3) is 0 Å². The van der Waals surface area contributed by atoms with Gasteiger partial charge < -0.3 is 9.64 Å². The largest absolute Gasteiger partial charge is 0.381 e. The van der Waals surface area contributed by atoms with Crippen molar-refractivity contribution in [2.45, 2.75) is 37.8 Å². The Hall–Kier alpha value is -0.170. The van der Waals surface area contributed by atoms with E-state index in [2.05, 4.69) is 4.90 Å². The van der Waals surface area contributed by atoms with Crippen molar-refractivity contribution in [2.75, 3.05) is 39.5 Å². The Kier molecular flexibility index (Phi) is 4.64. The molecule has 2 rings (SSSR count). The molecular weight excluding hydrogens is 252 g/mol. The molecule has 2 fully saturated rings. The normalized spacial score (nSPS) is 26.6. The summed E-state index contributed by atoms with van der Waals surface area (Å²) in [5, 5.41) is 0. The fraction of sp³-hybridized carbons (Fsp3) is 1.00. The van der Waals surface area contributed by atoms with E-state index < -0.39 is 10.0 Å². The van der Waals surface area contributed by atoms with Crippen LogP contribution in [0.5, 0.6) is 0 Å². The van der Waals surface area contributed by atoms with Gasteiger partial charge >= 0.3 is 0 Å². The van der Waals surface area contributed by atoms with Gasteiger partial charge in [0.2, 0.25) is 10.0 Å². The van der Waals surface area contributed by atoms with Crippen LogP contribution in [0.1, 0.15) is 25.7 Å². The fourth-order valence-corrected chi connectivity index (χ4v) is 3.89. The highest BCUT2D eigenvalue weighted by molar-refractivity contribution is 7.88. The predicted octanol–water partition coefficient (Wildman–Crippen LogP) is 0.521. The van der Waals surface area contributed by atoms with Gasteiger partial charge in [-0.3, -0.25) is 0 Å². The number of sulfonamides is 1. The molecule has 6 heteroatoms. The molecule has 2 aliphatic heterocycles. The summed E-state index contributed by atoms with van der Waals surface area (Å²) < 4.78 is 29.9. The Labute approximate surface area is 110 Å². The summed E-state index contributed by atoms with van der Waals surface area (Å²) >= 11 is 0. The molecule has 2 heterocycles. The molecule has 0 amide bonds. The number of likely N-dealkylation sites (tertiary alicyclic amines) is 1. The Balaban J connectivity index is 1.80. The Morgan fingerprint density at radius 2 is 1.56 bits per heavy atom. The highest BCUT2D eigenvalue weighted by Gasteiger charge is 2.30. The van der Waals surface area contributed by atoms with Gasteiger partial charge in [-0.25, -0.2) is 12.7 Å². The van der Waals surface area contributed by atoms with Crippen molar-refractivity contribution < 1.29 is 13.2 Å². The van der Waals surface area contributed by atoms with E-state index in [0.717, 1.165) is 38.8 Å². The van der Waals surface area contributed by atoms with Crippen molar-refractivity contribution in [2.24, 2.45) is 0 Å². The Morgan fingerprint density at radius 1 is 1.00 bits per heavy atom. The maximum atomic E-state index is 11.4. The number of nitrogens with zero attached hydrogens (tertiary/aromatic N) is 2. The zero-order chi connectivity index (χ0) is 13.2. The highest BCUT2D eigenvalue weighted by atomic mass is 32.2. The molecule has 0 atom stereocenters. The highest BCUT2D eigenvalue weighted by Crippen LogP contribution is 2.22. The molecule has 18 heavy (non-hydrogen) atoms. The summed E-state index contributed by atoms with van der Waals surface area (Å²) in [5.74, 6) is 0. The predicted molar refractivity (Wildman–Crippen MR) is 71.0 cm³/mol. The lowest BCUT2D eigenvalue weighted by Gasteiger charge is -2.40. The lowest BCUT2D eigenvalue weighted by molar-refractivity contribution is 0.0190. The zero-order valence-electron chi connectivity index (χ0n) is 11.3. The number of piperidine rings is 2. The van der Waals surface area contributed by atoms with Crippen molar-refractivity contribution in [3.63, 3.8) is 0 Å². The molecule has 2 saturated heterocycles. The lowest BCUT2D eigenvalue weighted by Crippen LogP contribution is -2.49. The van der Waals surface area contributed by atoms with E-state index in [1.165, 1.54) is 6.26 Å². The number of rotatable bonds is 3. The summed E-state index contributed by atoms with van der Waals surface area (Å²) in [6.07, 6.45) is 5.84.